The van der Waals surface area contributed by atoms with Gasteiger partial charge < -0.3 is 25.8 Å². The van der Waals surface area contributed by atoms with Crippen molar-refractivity contribution in [3.05, 3.63) is 24.0 Å². The molecule has 0 saturated carbocycles. The Morgan fingerprint density at radius 3 is 2.36 bits per heavy atom. The van der Waals surface area contributed by atoms with Crippen molar-refractivity contribution in [2.24, 2.45) is 5.41 Å². The van der Waals surface area contributed by atoms with Crippen LogP contribution in [-0.4, -0.2) is 60.2 Å². The summed E-state index contributed by atoms with van der Waals surface area (Å²) in [4.78, 5) is 37.5. The molecule has 2 rings (SSSR count). The molecule has 14 heteroatoms. The normalized spacial score (nSPS) is 19.0. The van der Waals surface area contributed by atoms with Crippen LogP contribution in [0.1, 0.15) is 20.3 Å². The number of fused-ring (bicyclic) bond motifs is 1. The molecule has 1 aliphatic heterocycles. The van der Waals surface area contributed by atoms with Crippen molar-refractivity contribution in [2.75, 3.05) is 18.5 Å². The molecule has 1 aromatic rings. The average Bonchev–Trinajstić information content (AvgIpc) is 2.82. The Morgan fingerprint density at radius 1 is 1.15 bits per heavy atom. The largest absolute Gasteiger partial charge is 0.485 e. The van der Waals surface area contributed by atoms with Crippen LogP contribution in [0, 0.1) is 11.2 Å². The number of carbonyl (C=O) groups excluding carboxylic acids is 3. The molecule has 1 heterocycles. The lowest BCUT2D eigenvalue weighted by Gasteiger charge is -2.29. The van der Waals surface area contributed by atoms with E-state index in [2.05, 4.69) is 10.6 Å². The van der Waals surface area contributed by atoms with Gasteiger partial charge >= 0.3 is 12.1 Å². The van der Waals surface area contributed by atoms with E-state index in [1.165, 1.54) is 11.4 Å². The van der Waals surface area contributed by atoms with Gasteiger partial charge in [-0.25, -0.2) is 4.39 Å². The first-order chi connectivity index (χ1) is 15.1. The van der Waals surface area contributed by atoms with Crippen LogP contribution in [0.25, 0.3) is 0 Å². The molecular weight excluding hydrogens is 464 g/mol. The summed E-state index contributed by atoms with van der Waals surface area (Å²) in [6, 6.07) is 1.68. The van der Waals surface area contributed by atoms with Crippen molar-refractivity contribution in [1.29, 1.82) is 0 Å². The van der Waals surface area contributed by atoms with E-state index >= 15 is 0 Å². The van der Waals surface area contributed by atoms with Gasteiger partial charge in [0.15, 0.2) is 0 Å². The maximum Gasteiger partial charge on any atom is 0.455 e. The predicted octanol–water partition coefficient (Wildman–Crippen LogP) is 1.73. The molecule has 0 radical (unpaired) electrons. The summed E-state index contributed by atoms with van der Waals surface area (Å²) in [7, 11) is 0. The van der Waals surface area contributed by atoms with E-state index in [-0.39, 0.29) is 17.9 Å². The van der Waals surface area contributed by atoms with Crippen molar-refractivity contribution < 1.29 is 50.6 Å². The fourth-order valence-electron chi connectivity index (χ4n) is 2.76. The molecule has 0 unspecified atom stereocenters. The van der Waals surface area contributed by atoms with Crippen molar-refractivity contribution in [3.63, 3.8) is 0 Å². The number of halogens is 6. The van der Waals surface area contributed by atoms with Crippen molar-refractivity contribution >= 4 is 23.4 Å². The molecular formula is C19H21F6N3O5. The van der Waals surface area contributed by atoms with E-state index in [0.717, 1.165) is 26.0 Å². The number of hydrogen-bond donors (Lipinski definition) is 4. The first kappa shape index (κ1) is 26.2. The van der Waals surface area contributed by atoms with Gasteiger partial charge in [0.05, 0.1) is 12.2 Å². The van der Waals surface area contributed by atoms with E-state index in [0.29, 0.717) is 0 Å². The van der Waals surface area contributed by atoms with Gasteiger partial charge in [-0.3, -0.25) is 14.4 Å². The number of carbonyl (C=O) groups is 3. The number of nitrogens with one attached hydrogen (secondary N) is 3. The molecule has 184 valence electrons. The lowest BCUT2D eigenvalue weighted by atomic mass is 9.90. The highest BCUT2D eigenvalue weighted by molar-refractivity contribution is 6.07. The fraction of sp³-hybridized carbons (Fsp3) is 0.526. The number of anilines is 1. The molecule has 3 amide bonds. The molecule has 0 bridgehead atoms. The summed E-state index contributed by atoms with van der Waals surface area (Å²) in [5.41, 5.74) is -2.25. The molecule has 0 saturated heterocycles. The van der Waals surface area contributed by atoms with Crippen LogP contribution in [0.3, 0.4) is 0 Å². The molecule has 8 nitrogen and oxygen atoms in total. The Kier molecular flexibility index (Phi) is 7.51. The molecule has 4 N–H and O–H groups in total. The van der Waals surface area contributed by atoms with E-state index in [1.54, 1.807) is 0 Å². The highest BCUT2D eigenvalue weighted by Gasteiger charge is 2.57. The van der Waals surface area contributed by atoms with Gasteiger partial charge in [0.1, 0.15) is 29.1 Å². The Morgan fingerprint density at radius 2 is 1.79 bits per heavy atom. The molecule has 0 spiro atoms. The molecule has 33 heavy (non-hydrogen) atoms. The van der Waals surface area contributed by atoms with Crippen molar-refractivity contribution in [3.8, 4) is 5.75 Å². The van der Waals surface area contributed by atoms with Gasteiger partial charge in [-0.2, -0.15) is 22.0 Å². The van der Waals surface area contributed by atoms with Crippen LogP contribution in [-0.2, 0) is 14.4 Å². The van der Waals surface area contributed by atoms with Gasteiger partial charge in [-0.1, -0.05) is 0 Å². The quantitative estimate of drug-likeness (QED) is 0.347. The van der Waals surface area contributed by atoms with Crippen LogP contribution in [0.15, 0.2) is 18.2 Å². The minimum absolute atomic E-state index is 0.0336. The average molecular weight is 485 g/mol. The summed E-state index contributed by atoms with van der Waals surface area (Å²) in [5, 5.41) is 15.2. The number of benzene rings is 1. The smallest absolute Gasteiger partial charge is 0.455 e. The topological polar surface area (TPSA) is 117 Å². The number of hydrogen-bond acceptors (Lipinski definition) is 5. The molecule has 0 aromatic heterocycles. The van der Waals surface area contributed by atoms with Crippen LogP contribution < -0.4 is 20.7 Å². The highest BCUT2D eigenvalue weighted by Crippen LogP contribution is 2.35. The zero-order valence-corrected chi connectivity index (χ0v) is 17.4. The summed E-state index contributed by atoms with van der Waals surface area (Å²) in [6.45, 7) is -0.682. The lowest BCUT2D eigenvalue weighted by Crippen LogP contribution is -2.58. The third kappa shape index (κ3) is 5.86. The Bertz CT molecular complexity index is 922. The van der Waals surface area contributed by atoms with E-state index in [9.17, 15) is 45.8 Å². The van der Waals surface area contributed by atoms with Crippen molar-refractivity contribution in [2.45, 2.75) is 44.5 Å². The number of amides is 3. The number of ether oxygens (including phenoxy) is 1. The van der Waals surface area contributed by atoms with Crippen molar-refractivity contribution in [1.82, 2.24) is 10.6 Å². The first-order valence-electron chi connectivity index (χ1n) is 9.52. The minimum atomic E-state index is -5.91. The molecule has 0 fully saturated rings. The highest BCUT2D eigenvalue weighted by atomic mass is 19.4. The van der Waals surface area contributed by atoms with Gasteiger partial charge in [0.2, 0.25) is 11.8 Å². The first-order valence-corrected chi connectivity index (χ1v) is 9.52. The van der Waals surface area contributed by atoms with Crippen LogP contribution in [0.2, 0.25) is 0 Å². The monoisotopic (exact) mass is 485 g/mol. The molecule has 1 aromatic carbocycles. The van der Waals surface area contributed by atoms with E-state index in [1.807, 2.05) is 0 Å². The molecule has 0 aliphatic carbocycles. The zero-order valence-electron chi connectivity index (χ0n) is 17.4. The SMILES string of the molecule is CC(C)(C(=O)NCC(F)(F)C(F)(F)F)C(=O)N[C@H]1C(=O)Nc2cc(F)ccc2O[C@H]1CCO. The van der Waals surface area contributed by atoms with Crippen LogP contribution >= 0.6 is 0 Å². The van der Waals surface area contributed by atoms with Gasteiger partial charge in [-0.05, 0) is 26.0 Å². The Hall–Kier alpha value is -3.03. The second kappa shape index (κ2) is 9.45. The number of alkyl halides is 5. The van der Waals surface area contributed by atoms with Crippen LogP contribution in [0.5, 0.6) is 5.75 Å². The summed E-state index contributed by atoms with van der Waals surface area (Å²) >= 11 is 0. The lowest BCUT2D eigenvalue weighted by molar-refractivity contribution is -0.278. The van der Waals surface area contributed by atoms with E-state index in [4.69, 9.17) is 4.74 Å². The third-order valence-corrected chi connectivity index (χ3v) is 4.85. The second-order valence-corrected chi connectivity index (χ2v) is 7.76. The summed E-state index contributed by atoms with van der Waals surface area (Å²) in [5.74, 6) is -9.44. The number of rotatable bonds is 7. The number of aliphatic hydroxyl groups is 1. The summed E-state index contributed by atoms with van der Waals surface area (Å²) in [6.07, 6.45) is -7.27. The molecule has 2 atom stereocenters. The van der Waals surface area contributed by atoms with Gasteiger partial charge in [-0.15, -0.1) is 0 Å². The second-order valence-electron chi connectivity index (χ2n) is 7.76. The zero-order chi connectivity index (χ0) is 25.2. The maximum absolute atomic E-state index is 13.5. The Labute approximate surface area is 183 Å². The number of aliphatic hydroxyl groups excluding tert-OH is 1. The van der Waals surface area contributed by atoms with Crippen LogP contribution in [0.4, 0.5) is 32.0 Å². The fourth-order valence-corrected chi connectivity index (χ4v) is 2.76. The van der Waals surface area contributed by atoms with E-state index < -0.39 is 66.4 Å². The standard InChI is InChI=1S/C19H21F6N3O5/c1-17(2,15(31)26-8-18(21,22)19(23,24)25)16(32)28-13-12(5-6-29)33-11-4-3-9(20)7-10(11)27-14(13)30/h3-4,7,12-13,29H,5-6,8H2,1-2H3,(H,26,31)(H,27,30)(H,28,32)/t12-,13+/m0/s1. The predicted molar refractivity (Wildman–Crippen MR) is 101 cm³/mol. The summed E-state index contributed by atoms with van der Waals surface area (Å²) < 4.78 is 82.2. The van der Waals surface area contributed by atoms with Gasteiger partial charge in [0, 0.05) is 19.1 Å². The Balaban J connectivity index is 2.18. The maximum atomic E-state index is 13.5. The third-order valence-electron chi connectivity index (χ3n) is 4.85. The van der Waals surface area contributed by atoms with Gasteiger partial charge in [0.25, 0.3) is 5.91 Å². The molecule has 1 aliphatic rings. The minimum Gasteiger partial charge on any atom is -0.485 e.